The van der Waals surface area contributed by atoms with Gasteiger partial charge in [-0.3, -0.25) is 0 Å². The van der Waals surface area contributed by atoms with Gasteiger partial charge in [-0.15, -0.1) is 0 Å². The van der Waals surface area contributed by atoms with Crippen molar-refractivity contribution in [1.29, 1.82) is 0 Å². The van der Waals surface area contributed by atoms with Gasteiger partial charge in [0, 0.05) is 18.6 Å². The molecule has 0 radical (unpaired) electrons. The second kappa shape index (κ2) is 7.43. The highest BCUT2D eigenvalue weighted by Gasteiger charge is 2.08. The molecule has 0 unspecified atom stereocenters. The molecule has 2 aromatic rings. The number of benzene rings is 2. The highest BCUT2D eigenvalue weighted by Crippen LogP contribution is 2.23. The molecule has 0 aliphatic rings. The van der Waals surface area contributed by atoms with Gasteiger partial charge < -0.3 is 9.47 Å². The van der Waals surface area contributed by atoms with Gasteiger partial charge in [-0.05, 0) is 29.8 Å². The van der Waals surface area contributed by atoms with Gasteiger partial charge in [0.1, 0.15) is 18.2 Å². The van der Waals surface area contributed by atoms with E-state index in [2.05, 4.69) is 6.92 Å². The molecule has 4 heteroatoms. The fourth-order valence-corrected chi connectivity index (χ4v) is 2.28. The molecule has 0 bridgehead atoms. The van der Waals surface area contributed by atoms with Gasteiger partial charge in [-0.1, -0.05) is 36.7 Å². The van der Waals surface area contributed by atoms with Gasteiger partial charge >= 0.3 is 0 Å². The molecule has 0 saturated carbocycles. The highest BCUT2D eigenvalue weighted by molar-refractivity contribution is 6.31. The van der Waals surface area contributed by atoms with Crippen molar-refractivity contribution in [2.24, 2.45) is 0 Å². The molecule has 0 amide bonds. The maximum absolute atomic E-state index is 13.6. The number of methoxy groups -OCH3 is 1. The van der Waals surface area contributed by atoms with Gasteiger partial charge in [-0.2, -0.15) is 0 Å². The van der Waals surface area contributed by atoms with Crippen molar-refractivity contribution in [3.63, 3.8) is 0 Å². The molecule has 0 aliphatic heterocycles. The van der Waals surface area contributed by atoms with Crippen LogP contribution in [-0.4, -0.2) is 13.7 Å². The molecule has 2 aromatic carbocycles. The molecule has 21 heavy (non-hydrogen) atoms. The van der Waals surface area contributed by atoms with Crippen LogP contribution >= 0.6 is 11.6 Å². The zero-order valence-corrected chi connectivity index (χ0v) is 12.9. The monoisotopic (exact) mass is 308 g/mol. The Morgan fingerprint density at radius 3 is 2.48 bits per heavy atom. The van der Waals surface area contributed by atoms with Crippen LogP contribution in [0.3, 0.4) is 0 Å². The van der Waals surface area contributed by atoms with Crippen molar-refractivity contribution < 1.29 is 13.9 Å². The molecule has 2 nitrogen and oxygen atoms in total. The molecule has 0 N–H and O–H groups in total. The highest BCUT2D eigenvalue weighted by atomic mass is 35.5. The number of ether oxygens (including phenoxy) is 2. The van der Waals surface area contributed by atoms with E-state index in [1.807, 2.05) is 24.3 Å². The molecule has 1 atom stereocenters. The molecule has 0 fully saturated rings. The Bertz CT molecular complexity index is 564. The van der Waals surface area contributed by atoms with E-state index in [-0.39, 0.29) is 12.4 Å². The summed E-state index contributed by atoms with van der Waals surface area (Å²) >= 11 is 5.96. The second-order valence-corrected chi connectivity index (χ2v) is 5.32. The van der Waals surface area contributed by atoms with Gasteiger partial charge in [0.15, 0.2) is 0 Å². The van der Waals surface area contributed by atoms with Crippen LogP contribution in [0.1, 0.15) is 24.0 Å². The summed E-state index contributed by atoms with van der Waals surface area (Å²) in [6.45, 7) is 2.88. The first-order valence-corrected chi connectivity index (χ1v) is 7.14. The van der Waals surface area contributed by atoms with Crippen LogP contribution < -0.4 is 4.74 Å². The van der Waals surface area contributed by atoms with Crippen LogP contribution in [-0.2, 0) is 11.3 Å². The molecule has 112 valence electrons. The minimum atomic E-state index is -0.354. The third-order valence-electron chi connectivity index (χ3n) is 3.31. The third-order valence-corrected chi connectivity index (χ3v) is 3.66. The molecule has 0 aliphatic carbocycles. The van der Waals surface area contributed by atoms with E-state index in [0.717, 1.165) is 0 Å². The normalized spacial score (nSPS) is 12.2. The van der Waals surface area contributed by atoms with Crippen molar-refractivity contribution in [2.45, 2.75) is 19.4 Å². The summed E-state index contributed by atoms with van der Waals surface area (Å²) in [6, 6.07) is 12.3. The standard InChI is InChI=1S/C17H18ClFO2/c1-12(10-20-2)13-6-8-14(9-7-13)21-11-15-16(18)4-3-5-17(15)19/h3-9,12H,10-11H2,1-2H3/t12-/m1/s1. The van der Waals surface area contributed by atoms with Gasteiger partial charge in [0.2, 0.25) is 0 Å². The lowest BCUT2D eigenvalue weighted by Crippen LogP contribution is -2.02. The van der Waals surface area contributed by atoms with E-state index in [1.54, 1.807) is 19.2 Å². The van der Waals surface area contributed by atoms with Crippen LogP contribution in [0.15, 0.2) is 42.5 Å². The zero-order chi connectivity index (χ0) is 15.2. The summed E-state index contributed by atoms with van der Waals surface area (Å²) < 4.78 is 24.4. The van der Waals surface area contributed by atoms with Crippen LogP contribution in [0, 0.1) is 5.82 Å². The Kier molecular flexibility index (Phi) is 5.59. The average Bonchev–Trinajstić information content (AvgIpc) is 2.47. The molecule has 0 aromatic heterocycles. The van der Waals surface area contributed by atoms with Gasteiger partial charge in [-0.25, -0.2) is 4.39 Å². The first-order chi connectivity index (χ1) is 10.1. The topological polar surface area (TPSA) is 18.5 Å². The average molecular weight is 309 g/mol. The first-order valence-electron chi connectivity index (χ1n) is 6.76. The van der Waals surface area contributed by atoms with E-state index in [9.17, 15) is 4.39 Å². The summed E-state index contributed by atoms with van der Waals surface area (Å²) in [5.74, 6) is 0.653. The SMILES string of the molecule is COC[C@@H](C)c1ccc(OCc2c(F)cccc2Cl)cc1. The Morgan fingerprint density at radius 2 is 1.86 bits per heavy atom. The van der Waals surface area contributed by atoms with Crippen molar-refractivity contribution in [3.05, 3.63) is 64.4 Å². The Hall–Kier alpha value is -1.58. The van der Waals surface area contributed by atoms with Crippen LogP contribution in [0.2, 0.25) is 5.02 Å². The minimum absolute atomic E-state index is 0.110. The lowest BCUT2D eigenvalue weighted by atomic mass is 10.0. The molecule has 2 rings (SSSR count). The third kappa shape index (κ3) is 4.19. The Labute approximate surface area is 129 Å². The van der Waals surface area contributed by atoms with Crippen molar-refractivity contribution in [3.8, 4) is 5.75 Å². The predicted molar refractivity (Wildman–Crippen MR) is 82.5 cm³/mol. The summed E-state index contributed by atoms with van der Waals surface area (Å²) in [7, 11) is 1.69. The summed E-state index contributed by atoms with van der Waals surface area (Å²) in [5, 5.41) is 0.375. The van der Waals surface area contributed by atoms with Crippen molar-refractivity contribution >= 4 is 11.6 Å². The van der Waals surface area contributed by atoms with E-state index < -0.39 is 0 Å². The number of halogens is 2. The second-order valence-electron chi connectivity index (χ2n) is 4.91. The minimum Gasteiger partial charge on any atom is -0.489 e. The van der Waals surface area contributed by atoms with Crippen LogP contribution in [0.5, 0.6) is 5.75 Å². The van der Waals surface area contributed by atoms with E-state index in [1.165, 1.54) is 11.6 Å². The maximum atomic E-state index is 13.6. The van der Waals surface area contributed by atoms with E-state index in [0.29, 0.717) is 28.9 Å². The zero-order valence-electron chi connectivity index (χ0n) is 12.1. The van der Waals surface area contributed by atoms with E-state index >= 15 is 0 Å². The number of hydrogen-bond donors (Lipinski definition) is 0. The molecule has 0 heterocycles. The number of hydrogen-bond acceptors (Lipinski definition) is 2. The summed E-state index contributed by atoms with van der Waals surface area (Å²) in [5.41, 5.74) is 1.55. The fraction of sp³-hybridized carbons (Fsp3) is 0.294. The van der Waals surface area contributed by atoms with Gasteiger partial charge in [0.05, 0.1) is 11.6 Å². The first kappa shape index (κ1) is 15.8. The summed E-state index contributed by atoms with van der Waals surface area (Å²) in [4.78, 5) is 0. The maximum Gasteiger partial charge on any atom is 0.131 e. The van der Waals surface area contributed by atoms with Crippen LogP contribution in [0.25, 0.3) is 0 Å². The van der Waals surface area contributed by atoms with Crippen molar-refractivity contribution in [1.82, 2.24) is 0 Å². The van der Waals surface area contributed by atoms with E-state index in [4.69, 9.17) is 21.1 Å². The lowest BCUT2D eigenvalue weighted by molar-refractivity contribution is 0.184. The van der Waals surface area contributed by atoms with Crippen LogP contribution in [0.4, 0.5) is 4.39 Å². The van der Waals surface area contributed by atoms with Gasteiger partial charge in [0.25, 0.3) is 0 Å². The largest absolute Gasteiger partial charge is 0.489 e. The summed E-state index contributed by atoms with van der Waals surface area (Å²) in [6.07, 6.45) is 0. The Balaban J connectivity index is 2.01. The molecule has 0 saturated heterocycles. The Morgan fingerprint density at radius 1 is 1.14 bits per heavy atom. The molecular formula is C17H18ClFO2. The molecule has 0 spiro atoms. The smallest absolute Gasteiger partial charge is 0.131 e. The lowest BCUT2D eigenvalue weighted by Gasteiger charge is -2.12. The molecular weight excluding hydrogens is 291 g/mol. The van der Waals surface area contributed by atoms with Crippen molar-refractivity contribution in [2.75, 3.05) is 13.7 Å². The predicted octanol–water partition coefficient (Wildman–Crippen LogP) is 4.81. The number of rotatable bonds is 6. The fourth-order valence-electron chi connectivity index (χ4n) is 2.06. The quantitative estimate of drug-likeness (QED) is 0.762.